The van der Waals surface area contributed by atoms with Crippen molar-refractivity contribution in [1.29, 1.82) is 0 Å². The molecule has 3 aromatic carbocycles. The molecule has 3 heterocycles. The van der Waals surface area contributed by atoms with Gasteiger partial charge in [0.15, 0.2) is 0 Å². The summed E-state index contributed by atoms with van der Waals surface area (Å²) in [7, 11) is 0. The molecular weight excluding hydrogens is 458 g/mol. The summed E-state index contributed by atoms with van der Waals surface area (Å²) in [5, 5.41) is 0. The molecule has 0 aliphatic carbocycles. The molecule has 37 heavy (non-hydrogen) atoms. The number of anilines is 4. The van der Waals surface area contributed by atoms with Gasteiger partial charge in [0, 0.05) is 41.9 Å². The van der Waals surface area contributed by atoms with E-state index in [1.165, 1.54) is 16.8 Å². The maximum Gasteiger partial charge on any atom is 0.128 e. The van der Waals surface area contributed by atoms with Crippen LogP contribution in [-0.2, 0) is 4.74 Å². The molecule has 6 rings (SSSR count). The maximum atomic E-state index is 5.99. The molecule has 4 aromatic rings. The van der Waals surface area contributed by atoms with Crippen molar-refractivity contribution in [1.82, 2.24) is 4.98 Å². The Morgan fingerprint density at radius 3 is 1.70 bits per heavy atom. The Morgan fingerprint density at radius 2 is 1.19 bits per heavy atom. The fourth-order valence-corrected chi connectivity index (χ4v) is 5.62. The number of nitrogens with zero attached hydrogens (tertiary/aromatic N) is 3. The number of hydrogen-bond acceptors (Lipinski definition) is 6. The second-order valence-corrected chi connectivity index (χ2v) is 9.90. The van der Waals surface area contributed by atoms with Crippen LogP contribution in [0.1, 0.15) is 36.1 Å². The molecule has 2 saturated heterocycles. The van der Waals surface area contributed by atoms with Crippen LogP contribution in [0.15, 0.2) is 91.1 Å². The van der Waals surface area contributed by atoms with Gasteiger partial charge in [-0.3, -0.25) is 0 Å². The third kappa shape index (κ3) is 4.85. The highest BCUT2D eigenvalue weighted by molar-refractivity contribution is 5.67. The topological polar surface area (TPSA) is 80.6 Å². The van der Waals surface area contributed by atoms with E-state index in [1.54, 1.807) is 0 Å². The van der Waals surface area contributed by atoms with Crippen molar-refractivity contribution in [3.63, 3.8) is 0 Å². The molecule has 2 aliphatic heterocycles. The van der Waals surface area contributed by atoms with E-state index in [0.29, 0.717) is 0 Å². The monoisotopic (exact) mass is 491 g/mol. The highest BCUT2D eigenvalue weighted by Gasteiger charge is 2.35. The number of hydrogen-bond donors (Lipinski definition) is 2. The Morgan fingerprint density at radius 1 is 0.649 bits per heavy atom. The molecular formula is C31H33N5O. The van der Waals surface area contributed by atoms with E-state index < -0.39 is 0 Å². The third-order valence-corrected chi connectivity index (χ3v) is 7.61. The zero-order chi connectivity index (χ0) is 25.2. The van der Waals surface area contributed by atoms with Crippen LogP contribution in [0.2, 0.25) is 0 Å². The van der Waals surface area contributed by atoms with Crippen molar-refractivity contribution >= 4 is 22.9 Å². The molecule has 2 aliphatic rings. The molecule has 0 amide bonds. The Labute approximate surface area is 218 Å². The largest absolute Gasteiger partial charge is 0.399 e. The van der Waals surface area contributed by atoms with Crippen molar-refractivity contribution in [3.8, 4) is 11.1 Å². The summed E-state index contributed by atoms with van der Waals surface area (Å²) < 4.78 is 5.46. The van der Waals surface area contributed by atoms with Gasteiger partial charge < -0.3 is 26.0 Å². The zero-order valence-electron chi connectivity index (χ0n) is 21.0. The van der Waals surface area contributed by atoms with Crippen LogP contribution >= 0.6 is 0 Å². The fourth-order valence-electron chi connectivity index (χ4n) is 5.62. The minimum absolute atomic E-state index is 0.281. The summed E-state index contributed by atoms with van der Waals surface area (Å²) >= 11 is 0. The van der Waals surface area contributed by atoms with E-state index in [-0.39, 0.29) is 12.1 Å². The summed E-state index contributed by atoms with van der Waals surface area (Å²) in [6.45, 7) is 3.30. The van der Waals surface area contributed by atoms with E-state index in [4.69, 9.17) is 21.2 Å². The Hall–Kier alpha value is -4.03. The number of nitrogens with two attached hydrogens (primary N) is 2. The van der Waals surface area contributed by atoms with Crippen molar-refractivity contribution in [2.75, 3.05) is 47.6 Å². The number of benzene rings is 3. The van der Waals surface area contributed by atoms with Gasteiger partial charge in [-0.05, 0) is 78.1 Å². The Bertz CT molecular complexity index is 1260. The number of aromatic nitrogens is 1. The zero-order valence-corrected chi connectivity index (χ0v) is 21.0. The Kier molecular flexibility index (Phi) is 6.41. The number of rotatable bonds is 5. The summed E-state index contributed by atoms with van der Waals surface area (Å²) in [5.74, 6) is 1.01. The first-order chi connectivity index (χ1) is 18.2. The molecule has 4 N–H and O–H groups in total. The molecule has 6 heteroatoms. The first kappa shape index (κ1) is 23.4. The average molecular weight is 492 g/mol. The van der Waals surface area contributed by atoms with Crippen molar-refractivity contribution < 1.29 is 4.74 Å². The van der Waals surface area contributed by atoms with Crippen molar-refractivity contribution in [3.05, 3.63) is 102 Å². The lowest BCUT2D eigenvalue weighted by Crippen LogP contribution is -2.36. The van der Waals surface area contributed by atoms with Gasteiger partial charge in [-0.15, -0.1) is 0 Å². The molecule has 188 valence electrons. The van der Waals surface area contributed by atoms with Crippen LogP contribution < -0.4 is 21.3 Å². The summed E-state index contributed by atoms with van der Waals surface area (Å²) in [5.41, 5.74) is 19.6. The normalized spacial score (nSPS) is 19.8. The van der Waals surface area contributed by atoms with Crippen molar-refractivity contribution in [2.24, 2.45) is 0 Å². The van der Waals surface area contributed by atoms with Gasteiger partial charge in [0.1, 0.15) is 5.82 Å². The summed E-state index contributed by atoms with van der Waals surface area (Å²) in [4.78, 5) is 9.57. The molecule has 0 bridgehead atoms. The minimum Gasteiger partial charge on any atom is -0.399 e. The lowest BCUT2D eigenvalue weighted by atomic mass is 10.0. The second-order valence-electron chi connectivity index (χ2n) is 9.90. The molecule has 2 atom stereocenters. The molecule has 1 aromatic heterocycles. The van der Waals surface area contributed by atoms with Crippen LogP contribution in [-0.4, -0.2) is 31.3 Å². The highest BCUT2D eigenvalue weighted by atomic mass is 16.5. The summed E-state index contributed by atoms with van der Waals surface area (Å²) in [6.07, 6.45) is 4.13. The van der Waals surface area contributed by atoms with Gasteiger partial charge >= 0.3 is 0 Å². The van der Waals surface area contributed by atoms with Crippen LogP contribution in [0.25, 0.3) is 11.1 Å². The van der Waals surface area contributed by atoms with Gasteiger partial charge in [0.2, 0.25) is 0 Å². The SMILES string of the molecule is Nc1ccc(C2CCC(c3ccc(N)cc3)N2c2ccc(-c3ccc(N4CCOCC4)nc3)cc2)cc1. The fraction of sp³-hybridized carbons (Fsp3) is 0.258. The molecule has 6 nitrogen and oxygen atoms in total. The third-order valence-electron chi connectivity index (χ3n) is 7.61. The van der Waals surface area contributed by atoms with Gasteiger partial charge in [-0.1, -0.05) is 36.4 Å². The van der Waals surface area contributed by atoms with Gasteiger partial charge in [0.25, 0.3) is 0 Å². The number of nitrogen functional groups attached to an aromatic ring is 2. The minimum atomic E-state index is 0.281. The van der Waals surface area contributed by atoms with E-state index in [1.807, 2.05) is 30.5 Å². The van der Waals surface area contributed by atoms with E-state index >= 15 is 0 Å². The number of pyridine rings is 1. The number of morpholine rings is 1. The summed E-state index contributed by atoms with van der Waals surface area (Å²) in [6, 6.07) is 30.4. The standard InChI is InChI=1S/C31H33N5O/c32-26-8-1-23(2-9-26)29-14-15-30(24-3-10-27(33)11-4-24)36(29)28-12-5-22(6-13-28)25-7-16-31(34-21-25)35-17-19-37-20-18-35/h1-13,16,21,29-30H,14-15,17-20,32-33H2. The van der Waals surface area contributed by atoms with Gasteiger partial charge in [0.05, 0.1) is 25.3 Å². The van der Waals surface area contributed by atoms with E-state index in [0.717, 1.165) is 67.5 Å². The predicted molar refractivity (Wildman–Crippen MR) is 152 cm³/mol. The highest BCUT2D eigenvalue weighted by Crippen LogP contribution is 2.47. The first-order valence-corrected chi connectivity index (χ1v) is 13.0. The first-order valence-electron chi connectivity index (χ1n) is 13.0. The lowest BCUT2D eigenvalue weighted by molar-refractivity contribution is 0.122. The quantitative estimate of drug-likeness (QED) is 0.342. The predicted octanol–water partition coefficient (Wildman–Crippen LogP) is 5.83. The molecule has 0 radical (unpaired) electrons. The van der Waals surface area contributed by atoms with Crippen molar-refractivity contribution in [2.45, 2.75) is 24.9 Å². The molecule has 2 unspecified atom stereocenters. The smallest absolute Gasteiger partial charge is 0.128 e. The van der Waals surface area contributed by atoms with Crippen LogP contribution in [0.3, 0.4) is 0 Å². The van der Waals surface area contributed by atoms with E-state index in [9.17, 15) is 0 Å². The second kappa shape index (κ2) is 10.1. The Balaban J connectivity index is 1.29. The van der Waals surface area contributed by atoms with E-state index in [2.05, 4.69) is 70.5 Å². The average Bonchev–Trinajstić information content (AvgIpc) is 3.40. The molecule has 0 saturated carbocycles. The van der Waals surface area contributed by atoms with Crippen LogP contribution in [0.4, 0.5) is 22.9 Å². The lowest BCUT2D eigenvalue weighted by Gasteiger charge is -2.33. The maximum absolute atomic E-state index is 5.99. The number of ether oxygens (including phenoxy) is 1. The van der Waals surface area contributed by atoms with Crippen LogP contribution in [0, 0.1) is 0 Å². The van der Waals surface area contributed by atoms with Gasteiger partial charge in [-0.2, -0.15) is 0 Å². The van der Waals surface area contributed by atoms with Gasteiger partial charge in [-0.25, -0.2) is 4.98 Å². The van der Waals surface area contributed by atoms with Crippen LogP contribution in [0.5, 0.6) is 0 Å². The molecule has 0 spiro atoms. The molecule has 2 fully saturated rings.